The van der Waals surface area contributed by atoms with E-state index >= 15 is 0 Å². The molecule has 0 bridgehead atoms. The van der Waals surface area contributed by atoms with Gasteiger partial charge in [-0.2, -0.15) is 0 Å². The molecule has 0 unspecified atom stereocenters. The van der Waals surface area contributed by atoms with Crippen LogP contribution >= 0.6 is 11.8 Å². The molecule has 0 saturated carbocycles. The summed E-state index contributed by atoms with van der Waals surface area (Å²) in [6.07, 6.45) is 0. The molecule has 8 heteroatoms. The third-order valence-corrected chi connectivity index (χ3v) is 5.61. The summed E-state index contributed by atoms with van der Waals surface area (Å²) in [5, 5.41) is 3.16. The van der Waals surface area contributed by atoms with Crippen LogP contribution in [0.15, 0.2) is 53.4 Å². The van der Waals surface area contributed by atoms with Crippen LogP contribution in [0.2, 0.25) is 0 Å². The minimum absolute atomic E-state index is 0.0217. The van der Waals surface area contributed by atoms with E-state index in [1.54, 1.807) is 12.1 Å². The van der Waals surface area contributed by atoms with Gasteiger partial charge in [0, 0.05) is 42.4 Å². The first-order valence-electron chi connectivity index (χ1n) is 9.05. The van der Waals surface area contributed by atoms with Crippen LogP contribution in [0.5, 0.6) is 0 Å². The molecule has 3 rings (SSSR count). The highest BCUT2D eigenvalue weighted by molar-refractivity contribution is 8.00. The van der Waals surface area contributed by atoms with Crippen molar-refractivity contribution < 1.29 is 14.0 Å². The normalized spacial score (nSPS) is 14.0. The molecule has 1 aliphatic rings. The zero-order chi connectivity index (χ0) is 19.9. The predicted octanol–water partition coefficient (Wildman–Crippen LogP) is 2.16. The van der Waals surface area contributed by atoms with E-state index in [4.69, 9.17) is 5.73 Å². The summed E-state index contributed by atoms with van der Waals surface area (Å²) in [4.78, 5) is 28.4. The van der Waals surface area contributed by atoms with Crippen LogP contribution in [0.3, 0.4) is 0 Å². The number of hydrogen-bond donors (Lipinski definition) is 2. The van der Waals surface area contributed by atoms with Gasteiger partial charge in [0.2, 0.25) is 11.8 Å². The van der Waals surface area contributed by atoms with Crippen molar-refractivity contribution in [3.63, 3.8) is 0 Å². The van der Waals surface area contributed by atoms with Gasteiger partial charge < -0.3 is 20.9 Å². The number of hydrogen-bond acceptors (Lipinski definition) is 5. The fraction of sp³-hybridized carbons (Fsp3) is 0.300. The number of piperazine rings is 1. The van der Waals surface area contributed by atoms with Gasteiger partial charge in [-0.1, -0.05) is 12.1 Å². The van der Waals surface area contributed by atoms with Crippen molar-refractivity contribution in [3.05, 3.63) is 54.3 Å². The van der Waals surface area contributed by atoms with Gasteiger partial charge in [0.25, 0.3) is 0 Å². The number of carbonyl (C=O) groups is 2. The summed E-state index contributed by atoms with van der Waals surface area (Å²) in [6.45, 7) is 2.85. The van der Waals surface area contributed by atoms with Crippen molar-refractivity contribution in [2.24, 2.45) is 5.73 Å². The Hall–Kier alpha value is -2.74. The van der Waals surface area contributed by atoms with Crippen molar-refractivity contribution in [1.29, 1.82) is 0 Å². The highest BCUT2D eigenvalue weighted by atomic mass is 32.2. The minimum atomic E-state index is -0.380. The molecule has 2 aromatic carbocycles. The predicted molar refractivity (Wildman–Crippen MR) is 110 cm³/mol. The number of amides is 2. The number of anilines is 2. The third kappa shape index (κ3) is 5.39. The van der Waals surface area contributed by atoms with Gasteiger partial charge in [0.15, 0.2) is 0 Å². The van der Waals surface area contributed by atoms with Crippen molar-refractivity contribution in [3.8, 4) is 0 Å². The number of rotatable bonds is 7. The average Bonchev–Trinajstić information content (AvgIpc) is 2.71. The van der Waals surface area contributed by atoms with Crippen LogP contribution in [0.4, 0.5) is 15.8 Å². The summed E-state index contributed by atoms with van der Waals surface area (Å²) in [6, 6.07) is 13.9. The molecule has 6 nitrogen and oxygen atoms in total. The Bertz CT molecular complexity index is 823. The number of thioether (sulfide) groups is 1. The lowest BCUT2D eigenvalue weighted by molar-refractivity contribution is -0.129. The molecular weight excluding hydrogens is 379 g/mol. The number of carbonyl (C=O) groups excluding carboxylic acids is 2. The van der Waals surface area contributed by atoms with Gasteiger partial charge in [-0.15, -0.1) is 11.8 Å². The molecule has 148 valence electrons. The highest BCUT2D eigenvalue weighted by Gasteiger charge is 2.21. The average molecular weight is 402 g/mol. The maximum absolute atomic E-state index is 13.1. The molecule has 2 aromatic rings. The van der Waals surface area contributed by atoms with E-state index in [2.05, 4.69) is 10.2 Å². The molecule has 0 spiro atoms. The van der Waals surface area contributed by atoms with Gasteiger partial charge in [-0.3, -0.25) is 9.59 Å². The fourth-order valence-corrected chi connectivity index (χ4v) is 3.80. The summed E-state index contributed by atoms with van der Waals surface area (Å²) in [5.41, 5.74) is 6.98. The second kappa shape index (κ2) is 9.45. The van der Waals surface area contributed by atoms with Gasteiger partial charge in [0.1, 0.15) is 5.82 Å². The molecule has 0 atom stereocenters. The van der Waals surface area contributed by atoms with Crippen LogP contribution in [-0.4, -0.2) is 55.2 Å². The third-order valence-electron chi connectivity index (χ3n) is 4.51. The first-order chi connectivity index (χ1) is 13.5. The van der Waals surface area contributed by atoms with E-state index in [0.29, 0.717) is 26.2 Å². The molecule has 28 heavy (non-hydrogen) atoms. The van der Waals surface area contributed by atoms with Crippen molar-refractivity contribution >= 4 is 35.0 Å². The Morgan fingerprint density at radius 1 is 1.04 bits per heavy atom. The summed E-state index contributed by atoms with van der Waals surface area (Å²) in [5.74, 6) is -0.417. The van der Waals surface area contributed by atoms with Crippen LogP contribution in [0, 0.1) is 5.82 Å². The zero-order valence-electron chi connectivity index (χ0n) is 15.4. The number of halogens is 1. The molecule has 0 aliphatic carbocycles. The van der Waals surface area contributed by atoms with Gasteiger partial charge in [-0.25, -0.2) is 4.39 Å². The molecule has 0 radical (unpaired) electrons. The first kappa shape index (κ1) is 20.0. The molecule has 0 aromatic heterocycles. The largest absolute Gasteiger partial charge is 0.375 e. The Morgan fingerprint density at radius 2 is 1.71 bits per heavy atom. The number of benzene rings is 2. The monoisotopic (exact) mass is 402 g/mol. The summed E-state index contributed by atoms with van der Waals surface area (Å²) >= 11 is 1.35. The van der Waals surface area contributed by atoms with Crippen LogP contribution in [0.25, 0.3) is 0 Å². The maximum atomic E-state index is 13.1. The van der Waals surface area contributed by atoms with Crippen molar-refractivity contribution in [2.75, 3.05) is 48.7 Å². The minimum Gasteiger partial charge on any atom is -0.375 e. The smallest absolute Gasteiger partial charge is 0.241 e. The lowest BCUT2D eigenvalue weighted by Gasteiger charge is -2.36. The Morgan fingerprint density at radius 3 is 2.39 bits per heavy atom. The lowest BCUT2D eigenvalue weighted by atomic mass is 10.2. The van der Waals surface area contributed by atoms with E-state index < -0.39 is 0 Å². The zero-order valence-corrected chi connectivity index (χ0v) is 16.3. The first-order valence-corrected chi connectivity index (χ1v) is 10.0. The Balaban J connectivity index is 1.50. The van der Waals surface area contributed by atoms with E-state index in [0.717, 1.165) is 16.3 Å². The topological polar surface area (TPSA) is 78.7 Å². The molecular formula is C20H23FN4O2S. The van der Waals surface area contributed by atoms with Crippen molar-refractivity contribution in [1.82, 2.24) is 4.90 Å². The second-order valence-corrected chi connectivity index (χ2v) is 7.47. The Labute approximate surface area is 167 Å². The SMILES string of the molecule is NC(=O)CSc1ccccc1NCC(=O)N1CCN(c2ccc(F)cc2)CC1. The van der Waals surface area contributed by atoms with E-state index in [-0.39, 0.29) is 29.9 Å². The Kier molecular flexibility index (Phi) is 6.76. The van der Waals surface area contributed by atoms with Crippen molar-refractivity contribution in [2.45, 2.75) is 4.90 Å². The van der Waals surface area contributed by atoms with E-state index in [1.165, 1.54) is 23.9 Å². The molecule has 1 fully saturated rings. The van der Waals surface area contributed by atoms with Gasteiger partial charge in [-0.05, 0) is 36.4 Å². The summed E-state index contributed by atoms with van der Waals surface area (Å²) < 4.78 is 13.1. The number of nitrogens with zero attached hydrogens (tertiary/aromatic N) is 2. The number of nitrogens with one attached hydrogen (secondary N) is 1. The van der Waals surface area contributed by atoms with Crippen LogP contribution < -0.4 is 16.0 Å². The van der Waals surface area contributed by atoms with Gasteiger partial charge >= 0.3 is 0 Å². The summed E-state index contributed by atoms with van der Waals surface area (Å²) in [7, 11) is 0. The number of primary amides is 1. The molecule has 1 heterocycles. The van der Waals surface area contributed by atoms with Gasteiger partial charge in [0.05, 0.1) is 12.3 Å². The van der Waals surface area contributed by atoms with E-state index in [9.17, 15) is 14.0 Å². The second-order valence-electron chi connectivity index (χ2n) is 6.45. The van der Waals surface area contributed by atoms with Crippen LogP contribution in [-0.2, 0) is 9.59 Å². The molecule has 1 saturated heterocycles. The lowest BCUT2D eigenvalue weighted by Crippen LogP contribution is -2.50. The fourth-order valence-electron chi connectivity index (χ4n) is 3.04. The standard InChI is InChI=1S/C20H23FN4O2S/c21-15-5-7-16(8-6-15)24-9-11-25(12-10-24)20(27)13-23-17-3-1-2-4-18(17)28-14-19(22)26/h1-8,23H,9-14H2,(H2,22,26). The molecule has 3 N–H and O–H groups in total. The van der Waals surface area contributed by atoms with E-state index in [1.807, 2.05) is 29.2 Å². The maximum Gasteiger partial charge on any atom is 0.241 e. The number of para-hydroxylation sites is 1. The van der Waals surface area contributed by atoms with Crippen LogP contribution in [0.1, 0.15) is 0 Å². The molecule has 1 aliphatic heterocycles. The highest BCUT2D eigenvalue weighted by Crippen LogP contribution is 2.26. The quantitative estimate of drug-likeness (QED) is 0.694. The molecule has 2 amide bonds. The number of nitrogens with two attached hydrogens (primary N) is 1.